The Bertz CT molecular complexity index is 672. The SMILES string of the molecule is CNC1COCC1c1nnc2c(Cl)cc(C(F)(F)F)cn12. The molecule has 9 heteroatoms. The molecular formula is C12H12ClF3N4O. The van der Waals surface area contributed by atoms with Crippen LogP contribution in [0.25, 0.3) is 5.65 Å². The molecule has 5 nitrogen and oxygen atoms in total. The largest absolute Gasteiger partial charge is 0.417 e. The molecule has 2 aromatic rings. The Kier molecular flexibility index (Phi) is 3.54. The van der Waals surface area contributed by atoms with E-state index in [0.717, 1.165) is 12.3 Å². The number of pyridine rings is 1. The molecular weight excluding hydrogens is 309 g/mol. The zero-order chi connectivity index (χ0) is 15.2. The molecule has 3 rings (SSSR count). The van der Waals surface area contributed by atoms with Gasteiger partial charge < -0.3 is 10.1 Å². The summed E-state index contributed by atoms with van der Waals surface area (Å²) in [6.45, 7) is 0.850. The Hall–Kier alpha value is -1.38. The number of alkyl halides is 3. The molecule has 1 N–H and O–H groups in total. The Morgan fingerprint density at radius 3 is 2.81 bits per heavy atom. The van der Waals surface area contributed by atoms with Gasteiger partial charge in [0.05, 0.1) is 29.7 Å². The summed E-state index contributed by atoms with van der Waals surface area (Å²) in [5.41, 5.74) is -0.623. The average molecular weight is 321 g/mol. The standard InChI is InChI=1S/C12H12ClF3N4O/c1-17-9-5-21-4-7(9)10-18-19-11-8(13)2-6(3-20(10)11)12(14,15)16/h2-3,7,9,17H,4-5H2,1H3. The van der Waals surface area contributed by atoms with Crippen molar-refractivity contribution >= 4 is 17.2 Å². The van der Waals surface area contributed by atoms with Crippen LogP contribution in [0.5, 0.6) is 0 Å². The van der Waals surface area contributed by atoms with Gasteiger partial charge in [0.25, 0.3) is 0 Å². The molecule has 21 heavy (non-hydrogen) atoms. The molecule has 1 aliphatic rings. The number of ether oxygens (including phenoxy) is 1. The zero-order valence-electron chi connectivity index (χ0n) is 11.0. The van der Waals surface area contributed by atoms with Gasteiger partial charge in [0.15, 0.2) is 5.65 Å². The van der Waals surface area contributed by atoms with Crippen LogP contribution in [0.15, 0.2) is 12.3 Å². The number of rotatable bonds is 2. The molecule has 0 radical (unpaired) electrons. The Balaban J connectivity index is 2.14. The van der Waals surface area contributed by atoms with Gasteiger partial charge >= 0.3 is 6.18 Å². The molecule has 2 atom stereocenters. The summed E-state index contributed by atoms with van der Waals surface area (Å²) in [5.74, 6) is 0.236. The van der Waals surface area contributed by atoms with Gasteiger partial charge in [0.1, 0.15) is 5.82 Å². The quantitative estimate of drug-likeness (QED) is 0.921. The van der Waals surface area contributed by atoms with Crippen molar-refractivity contribution in [2.45, 2.75) is 18.1 Å². The first-order chi connectivity index (χ1) is 9.91. The van der Waals surface area contributed by atoms with Gasteiger partial charge in [-0.2, -0.15) is 13.2 Å². The Labute approximate surface area is 123 Å². The maximum absolute atomic E-state index is 12.9. The van der Waals surface area contributed by atoms with Gasteiger partial charge in [0.2, 0.25) is 0 Å². The number of likely N-dealkylation sites (N-methyl/N-ethyl adjacent to an activating group) is 1. The molecule has 1 fully saturated rings. The first kappa shape index (κ1) is 14.6. The summed E-state index contributed by atoms with van der Waals surface area (Å²) in [6, 6.07) is 0.835. The van der Waals surface area contributed by atoms with E-state index in [-0.39, 0.29) is 22.6 Å². The smallest absolute Gasteiger partial charge is 0.379 e. The molecule has 2 unspecified atom stereocenters. The molecule has 114 valence electrons. The van der Waals surface area contributed by atoms with Crippen LogP contribution in [0.1, 0.15) is 17.3 Å². The number of nitrogens with one attached hydrogen (secondary N) is 1. The molecule has 1 aliphatic heterocycles. The second-order valence-corrected chi connectivity index (χ2v) is 5.27. The van der Waals surface area contributed by atoms with Crippen molar-refractivity contribution in [1.82, 2.24) is 19.9 Å². The van der Waals surface area contributed by atoms with Crippen LogP contribution >= 0.6 is 11.6 Å². The lowest BCUT2D eigenvalue weighted by molar-refractivity contribution is -0.137. The second kappa shape index (κ2) is 5.11. The predicted octanol–water partition coefficient (Wildman–Crippen LogP) is 2.10. The normalized spacial score (nSPS) is 23.1. The van der Waals surface area contributed by atoms with Crippen molar-refractivity contribution in [3.8, 4) is 0 Å². The van der Waals surface area contributed by atoms with Crippen molar-refractivity contribution < 1.29 is 17.9 Å². The summed E-state index contributed by atoms with van der Waals surface area (Å²) in [4.78, 5) is 0. The molecule has 0 amide bonds. The molecule has 1 saturated heterocycles. The maximum Gasteiger partial charge on any atom is 0.417 e. The van der Waals surface area contributed by atoms with E-state index >= 15 is 0 Å². The van der Waals surface area contributed by atoms with E-state index in [1.807, 2.05) is 0 Å². The first-order valence-corrected chi connectivity index (χ1v) is 6.66. The number of nitrogens with zero attached hydrogens (tertiary/aromatic N) is 3. The van der Waals surface area contributed by atoms with Crippen LogP contribution in [0.3, 0.4) is 0 Å². The summed E-state index contributed by atoms with van der Waals surface area (Å²) in [7, 11) is 1.77. The highest BCUT2D eigenvalue weighted by molar-refractivity contribution is 6.33. The fourth-order valence-corrected chi connectivity index (χ4v) is 2.72. The molecule has 0 bridgehead atoms. The highest BCUT2D eigenvalue weighted by atomic mass is 35.5. The van der Waals surface area contributed by atoms with Crippen molar-refractivity contribution in [3.05, 3.63) is 28.7 Å². The third-order valence-electron chi connectivity index (χ3n) is 3.60. The van der Waals surface area contributed by atoms with Gasteiger partial charge in [-0.25, -0.2) is 0 Å². The summed E-state index contributed by atoms with van der Waals surface area (Å²) >= 11 is 5.89. The van der Waals surface area contributed by atoms with Gasteiger partial charge in [0, 0.05) is 12.2 Å². The van der Waals surface area contributed by atoms with Crippen molar-refractivity contribution in [1.29, 1.82) is 0 Å². The number of halogens is 4. The molecule has 0 saturated carbocycles. The maximum atomic E-state index is 12.9. The number of hydrogen-bond acceptors (Lipinski definition) is 4. The fraction of sp³-hybridized carbons (Fsp3) is 0.500. The average Bonchev–Trinajstić information content (AvgIpc) is 3.02. The number of hydrogen-bond donors (Lipinski definition) is 1. The molecule has 3 heterocycles. The van der Waals surface area contributed by atoms with E-state index in [1.54, 1.807) is 7.05 Å². The van der Waals surface area contributed by atoms with E-state index in [0.29, 0.717) is 19.0 Å². The molecule has 2 aromatic heterocycles. The molecule has 0 aromatic carbocycles. The first-order valence-electron chi connectivity index (χ1n) is 6.28. The van der Waals surface area contributed by atoms with Gasteiger partial charge in [-0.3, -0.25) is 4.40 Å². The lowest BCUT2D eigenvalue weighted by atomic mass is 10.0. The minimum absolute atomic E-state index is 0.0225. The Morgan fingerprint density at radius 1 is 1.38 bits per heavy atom. The molecule has 0 aliphatic carbocycles. The van der Waals surface area contributed by atoms with E-state index in [9.17, 15) is 13.2 Å². The van der Waals surface area contributed by atoms with Gasteiger partial charge in [-0.1, -0.05) is 11.6 Å². The van der Waals surface area contributed by atoms with Crippen molar-refractivity contribution in [2.24, 2.45) is 0 Å². The topological polar surface area (TPSA) is 51.5 Å². The third kappa shape index (κ3) is 2.47. The van der Waals surface area contributed by atoms with E-state index < -0.39 is 11.7 Å². The summed E-state index contributed by atoms with van der Waals surface area (Å²) < 4.78 is 45.4. The van der Waals surface area contributed by atoms with E-state index in [2.05, 4.69) is 15.5 Å². The summed E-state index contributed by atoms with van der Waals surface area (Å²) in [6.07, 6.45) is -3.50. The minimum Gasteiger partial charge on any atom is -0.379 e. The monoisotopic (exact) mass is 320 g/mol. The lowest BCUT2D eigenvalue weighted by Gasteiger charge is -2.15. The van der Waals surface area contributed by atoms with E-state index in [1.165, 1.54) is 4.40 Å². The number of aromatic nitrogens is 3. The number of fused-ring (bicyclic) bond motifs is 1. The van der Waals surface area contributed by atoms with Crippen molar-refractivity contribution in [2.75, 3.05) is 20.3 Å². The lowest BCUT2D eigenvalue weighted by Crippen LogP contribution is -2.32. The second-order valence-electron chi connectivity index (χ2n) is 4.87. The summed E-state index contributed by atoms with van der Waals surface area (Å²) in [5, 5.41) is 10.9. The van der Waals surface area contributed by atoms with Crippen molar-refractivity contribution in [3.63, 3.8) is 0 Å². The van der Waals surface area contributed by atoms with Crippen LogP contribution in [-0.4, -0.2) is 40.9 Å². The third-order valence-corrected chi connectivity index (χ3v) is 3.87. The molecule has 0 spiro atoms. The predicted molar refractivity (Wildman–Crippen MR) is 69.4 cm³/mol. The van der Waals surface area contributed by atoms with Crippen LogP contribution in [0, 0.1) is 0 Å². The highest BCUT2D eigenvalue weighted by Gasteiger charge is 2.35. The van der Waals surface area contributed by atoms with E-state index in [4.69, 9.17) is 16.3 Å². The minimum atomic E-state index is -4.48. The Morgan fingerprint density at radius 2 is 2.14 bits per heavy atom. The van der Waals surface area contributed by atoms with Crippen LogP contribution in [0.2, 0.25) is 5.02 Å². The highest BCUT2D eigenvalue weighted by Crippen LogP contribution is 2.33. The van der Waals surface area contributed by atoms with Gasteiger partial charge in [-0.15, -0.1) is 10.2 Å². The zero-order valence-corrected chi connectivity index (χ0v) is 11.7. The fourth-order valence-electron chi connectivity index (χ4n) is 2.47. The van der Waals surface area contributed by atoms with Crippen LogP contribution < -0.4 is 5.32 Å². The van der Waals surface area contributed by atoms with Gasteiger partial charge in [-0.05, 0) is 13.1 Å². The van der Waals surface area contributed by atoms with Crippen LogP contribution in [0.4, 0.5) is 13.2 Å². The van der Waals surface area contributed by atoms with Crippen LogP contribution in [-0.2, 0) is 10.9 Å².